The second kappa shape index (κ2) is 20.2. The second-order valence-corrected chi connectivity index (χ2v) is 17.7. The minimum atomic E-state index is -1.58. The number of nitrogens with zero attached hydrogens (tertiary/aromatic N) is 5. The largest absolute Gasteiger partial charge is 0.462 e. The summed E-state index contributed by atoms with van der Waals surface area (Å²) in [5.41, 5.74) is 6.79. The van der Waals surface area contributed by atoms with Crippen molar-refractivity contribution in [3.8, 4) is 0 Å². The number of rotatable bonds is 9. The summed E-state index contributed by atoms with van der Waals surface area (Å²) < 4.78 is 44.5. The minimum absolute atomic E-state index is 0.160. The number of hydrogen-bond donors (Lipinski definition) is 2. The molecule has 3 heterocycles. The van der Waals surface area contributed by atoms with E-state index in [9.17, 15) is 25.3 Å². The van der Waals surface area contributed by atoms with Crippen LogP contribution in [0.25, 0.3) is 10.4 Å². The number of likely N-dealkylation sites (N-methyl/N-ethyl adjacent to an activating group) is 1. The van der Waals surface area contributed by atoms with Crippen LogP contribution in [0, 0.1) is 23.7 Å². The quantitative estimate of drug-likeness (QED) is 0.142. The number of aliphatic hydroxyl groups excluding tert-OH is 1. The first kappa shape index (κ1) is 48.3. The van der Waals surface area contributed by atoms with Gasteiger partial charge in [-0.1, -0.05) is 32.8 Å². The van der Waals surface area contributed by atoms with Gasteiger partial charge in [-0.25, -0.2) is 0 Å². The van der Waals surface area contributed by atoms with Crippen LogP contribution in [0.3, 0.4) is 0 Å². The van der Waals surface area contributed by atoms with Gasteiger partial charge in [0.1, 0.15) is 6.10 Å². The van der Waals surface area contributed by atoms with Crippen molar-refractivity contribution >= 4 is 11.9 Å². The molecule has 3 rings (SSSR count). The third-order valence-electron chi connectivity index (χ3n) is 12.7. The van der Waals surface area contributed by atoms with Crippen molar-refractivity contribution in [2.75, 3.05) is 34.8 Å². The Balaban J connectivity index is 2.22. The smallest absolute Gasteiger partial charge is 0.311 e. The second-order valence-electron chi connectivity index (χ2n) is 17.7. The summed E-state index contributed by atoms with van der Waals surface area (Å²) in [5.74, 6) is -3.26. The molecule has 0 aromatic heterocycles. The molecule has 0 aliphatic carbocycles. The highest BCUT2D eigenvalue weighted by molar-refractivity contribution is 5.73. The normalized spacial score (nSPS) is 45.2. The molecule has 18 atom stereocenters. The molecule has 56 heavy (non-hydrogen) atoms. The lowest BCUT2D eigenvalue weighted by Gasteiger charge is -2.49. The van der Waals surface area contributed by atoms with E-state index in [1.54, 1.807) is 20.8 Å². The van der Waals surface area contributed by atoms with E-state index in [1.807, 2.05) is 74.5 Å². The van der Waals surface area contributed by atoms with Crippen LogP contribution in [0.15, 0.2) is 5.11 Å². The fourth-order valence-corrected chi connectivity index (χ4v) is 9.15. The Morgan fingerprint density at radius 3 is 2.25 bits per heavy atom. The van der Waals surface area contributed by atoms with Crippen molar-refractivity contribution in [2.24, 2.45) is 28.8 Å². The molecule has 324 valence electrons. The zero-order chi connectivity index (χ0) is 42.4. The van der Waals surface area contributed by atoms with Crippen molar-refractivity contribution in [1.29, 1.82) is 0 Å². The van der Waals surface area contributed by atoms with Gasteiger partial charge < -0.3 is 53.2 Å². The van der Waals surface area contributed by atoms with Gasteiger partial charge in [0.2, 0.25) is 0 Å². The van der Waals surface area contributed by atoms with Crippen molar-refractivity contribution in [1.82, 2.24) is 9.80 Å². The fourth-order valence-electron chi connectivity index (χ4n) is 9.15. The lowest BCUT2D eigenvalue weighted by molar-refractivity contribution is -0.312. The Morgan fingerprint density at radius 2 is 1.70 bits per heavy atom. The lowest BCUT2D eigenvalue weighted by atomic mass is 9.78. The first-order valence-corrected chi connectivity index (χ1v) is 20.4. The van der Waals surface area contributed by atoms with E-state index in [1.165, 1.54) is 14.0 Å². The molecule has 16 heteroatoms. The number of carbonyl (C=O) groups excluding carboxylic acids is 2. The number of hydrogen-bond acceptors (Lipinski definition) is 14. The fraction of sp³-hybridized carbons (Fsp3) is 0.950. The van der Waals surface area contributed by atoms with Crippen LogP contribution in [-0.4, -0.2) is 151 Å². The summed E-state index contributed by atoms with van der Waals surface area (Å²) in [7, 11) is 7.30. The number of carbonyl (C=O) groups is 2. The van der Waals surface area contributed by atoms with Crippen molar-refractivity contribution < 1.29 is 53.0 Å². The standard InChI is InChI=1S/C40H73N5O11/c1-16-30-24(5)32(47)21(2)20-45(14)22(3)18-39(10,49)36(56-38-34(53-28(9)46)29(44(12)13)17-23(4)51-38)25(6)33(26(7)37(48)54-30)55-31-19-40(11,50-15)35(42-43-41)27(8)52-31/h21-27,29-36,38,47,49H,16-20H2,1-15H3/t21-,22+,23+,24-,25-,26+,27-,29-,30-,31-,32+,33-,34+,35-,36+,38-,39?,40+/m0/s1. The van der Waals surface area contributed by atoms with Gasteiger partial charge in [-0.3, -0.25) is 9.59 Å². The Kier molecular flexibility index (Phi) is 17.4. The maximum Gasteiger partial charge on any atom is 0.311 e. The van der Waals surface area contributed by atoms with E-state index in [-0.39, 0.29) is 42.9 Å². The van der Waals surface area contributed by atoms with Gasteiger partial charge in [-0.15, -0.1) is 0 Å². The van der Waals surface area contributed by atoms with Crippen LogP contribution in [0.1, 0.15) is 102 Å². The predicted octanol–water partition coefficient (Wildman–Crippen LogP) is 4.67. The van der Waals surface area contributed by atoms with Gasteiger partial charge in [-0.05, 0) is 93.4 Å². The van der Waals surface area contributed by atoms with Crippen LogP contribution >= 0.6 is 0 Å². The number of aliphatic hydroxyl groups is 2. The topological polar surface area (TPSA) is 194 Å². The van der Waals surface area contributed by atoms with Gasteiger partial charge >= 0.3 is 11.9 Å². The van der Waals surface area contributed by atoms with Crippen LogP contribution < -0.4 is 0 Å². The molecule has 0 aromatic carbocycles. The van der Waals surface area contributed by atoms with Crippen LogP contribution in [0.5, 0.6) is 0 Å². The summed E-state index contributed by atoms with van der Waals surface area (Å²) in [6, 6.07) is -1.10. The van der Waals surface area contributed by atoms with Gasteiger partial charge in [-0.2, -0.15) is 0 Å². The Hall–Kier alpha value is -2.11. The van der Waals surface area contributed by atoms with Gasteiger partial charge in [0.25, 0.3) is 0 Å². The third-order valence-corrected chi connectivity index (χ3v) is 12.7. The van der Waals surface area contributed by atoms with Gasteiger partial charge in [0.05, 0.1) is 59.7 Å². The van der Waals surface area contributed by atoms with Gasteiger partial charge in [0, 0.05) is 49.8 Å². The first-order valence-electron chi connectivity index (χ1n) is 20.4. The maximum atomic E-state index is 14.3. The molecule has 2 N–H and O–H groups in total. The van der Waals surface area contributed by atoms with Crippen LogP contribution in [0.4, 0.5) is 0 Å². The molecule has 0 aromatic rings. The van der Waals surface area contributed by atoms with E-state index in [4.69, 9.17) is 33.2 Å². The van der Waals surface area contributed by atoms with Crippen molar-refractivity contribution in [3.05, 3.63) is 10.4 Å². The highest BCUT2D eigenvalue weighted by Gasteiger charge is 2.52. The molecule has 3 aliphatic rings. The van der Waals surface area contributed by atoms with E-state index >= 15 is 0 Å². The summed E-state index contributed by atoms with van der Waals surface area (Å²) in [4.78, 5) is 33.9. The maximum absolute atomic E-state index is 14.3. The summed E-state index contributed by atoms with van der Waals surface area (Å²) in [6.07, 6.45) is -5.70. The monoisotopic (exact) mass is 800 g/mol. The Morgan fingerprint density at radius 1 is 1.05 bits per heavy atom. The molecule has 1 unspecified atom stereocenters. The lowest BCUT2D eigenvalue weighted by Crippen LogP contribution is -2.61. The zero-order valence-corrected chi connectivity index (χ0v) is 36.6. The Labute approximate surface area is 334 Å². The van der Waals surface area contributed by atoms with E-state index < -0.39 is 90.2 Å². The number of cyclic esters (lactones) is 1. The summed E-state index contributed by atoms with van der Waals surface area (Å²) >= 11 is 0. The molecule has 0 saturated carbocycles. The summed E-state index contributed by atoms with van der Waals surface area (Å²) in [5, 5.41) is 28.2. The number of methoxy groups -OCH3 is 1. The summed E-state index contributed by atoms with van der Waals surface area (Å²) in [6.45, 7) is 20.5. The highest BCUT2D eigenvalue weighted by Crippen LogP contribution is 2.40. The molecule has 0 amide bonds. The molecule has 16 nitrogen and oxygen atoms in total. The molecule has 3 fully saturated rings. The third kappa shape index (κ3) is 11.5. The van der Waals surface area contributed by atoms with E-state index in [0.29, 0.717) is 19.4 Å². The predicted molar refractivity (Wildman–Crippen MR) is 209 cm³/mol. The highest BCUT2D eigenvalue weighted by atomic mass is 16.7. The average molecular weight is 800 g/mol. The van der Waals surface area contributed by atoms with E-state index in [0.717, 1.165) is 0 Å². The van der Waals surface area contributed by atoms with E-state index in [2.05, 4.69) is 14.9 Å². The number of esters is 2. The molecular formula is C40H73N5O11. The molecular weight excluding hydrogens is 726 g/mol. The average Bonchev–Trinajstić information content (AvgIpc) is 3.11. The molecule has 3 saturated heterocycles. The van der Waals surface area contributed by atoms with Crippen LogP contribution in [-0.2, 0) is 42.7 Å². The van der Waals surface area contributed by atoms with Gasteiger partial charge in [0.15, 0.2) is 18.7 Å². The molecule has 0 bridgehead atoms. The van der Waals surface area contributed by atoms with Crippen molar-refractivity contribution in [3.63, 3.8) is 0 Å². The SMILES string of the molecule is CC[C@@H]1OC(=O)[C@H](C)[C@@H](O[C@H]2C[C@@](C)(OC)[C@@H](N=[N+]=[N-])[C@H](C)O2)[C@H](C)[C@@H](O[C@@H]2O[C@H](C)C[C@H](N(C)C)[C@H]2OC(C)=O)C(C)(O)C[C@@H](C)N(C)C[C@H](C)[C@@H](O)[C@H]1C. The molecule has 0 radical (unpaired) electrons. The number of ether oxygens (including phenoxy) is 7. The molecule has 3 aliphatic heterocycles. The number of azide groups is 1. The van der Waals surface area contributed by atoms with Crippen LogP contribution in [0.2, 0.25) is 0 Å². The minimum Gasteiger partial charge on any atom is -0.462 e. The zero-order valence-electron chi connectivity index (χ0n) is 36.6. The van der Waals surface area contributed by atoms with Crippen molar-refractivity contribution in [2.45, 2.75) is 186 Å². The first-order chi connectivity index (χ1) is 26.0. The molecule has 0 spiro atoms. The Bertz CT molecular complexity index is 1340.